The monoisotopic (exact) mass is 269 g/mol. The summed E-state index contributed by atoms with van der Waals surface area (Å²) in [5.41, 5.74) is 0.899. The summed E-state index contributed by atoms with van der Waals surface area (Å²) in [6.07, 6.45) is 2.35. The molecule has 2 N–H and O–H groups in total. The normalized spacial score (nSPS) is 11.2. The smallest absolute Gasteiger partial charge is 0.371 e. The van der Waals surface area contributed by atoms with E-state index in [0.717, 1.165) is 31.6 Å². The minimum atomic E-state index is -1.03. The molecule has 0 aliphatic heterocycles. The van der Waals surface area contributed by atoms with Gasteiger partial charge in [-0.15, -0.1) is 0 Å². The number of hydrogen-bond acceptors (Lipinski definition) is 4. The van der Waals surface area contributed by atoms with Crippen LogP contribution in [0.3, 0.4) is 0 Å². The Kier molecular flexibility index (Phi) is 6.59. The molecule has 0 unspecified atom stereocenters. The maximum absolute atomic E-state index is 10.7. The van der Waals surface area contributed by atoms with Gasteiger partial charge in [0.05, 0.1) is 6.10 Å². The van der Waals surface area contributed by atoms with Crippen molar-refractivity contribution in [1.82, 2.24) is 5.32 Å². The first-order valence-electron chi connectivity index (χ1n) is 6.65. The van der Waals surface area contributed by atoms with E-state index in [2.05, 4.69) is 5.32 Å². The van der Waals surface area contributed by atoms with Crippen molar-refractivity contribution in [2.45, 2.75) is 46.3 Å². The predicted molar refractivity (Wildman–Crippen MR) is 72.4 cm³/mol. The van der Waals surface area contributed by atoms with Crippen molar-refractivity contribution in [1.29, 1.82) is 0 Å². The summed E-state index contributed by atoms with van der Waals surface area (Å²) in [5.74, 6) is -0.368. The fraction of sp³-hybridized carbons (Fsp3) is 0.643. The van der Waals surface area contributed by atoms with Gasteiger partial charge in [0.1, 0.15) is 5.76 Å². The van der Waals surface area contributed by atoms with Crippen LogP contribution in [0.5, 0.6) is 0 Å². The van der Waals surface area contributed by atoms with Gasteiger partial charge < -0.3 is 19.6 Å². The zero-order valence-corrected chi connectivity index (χ0v) is 11.9. The topological polar surface area (TPSA) is 71.7 Å². The number of ether oxygens (including phenoxy) is 1. The Morgan fingerprint density at radius 1 is 1.47 bits per heavy atom. The first-order valence-corrected chi connectivity index (χ1v) is 6.65. The molecule has 5 nitrogen and oxygen atoms in total. The van der Waals surface area contributed by atoms with E-state index in [9.17, 15) is 4.79 Å². The van der Waals surface area contributed by atoms with Gasteiger partial charge in [-0.3, -0.25) is 0 Å². The summed E-state index contributed by atoms with van der Waals surface area (Å²) in [5, 5.41) is 12.1. The molecule has 1 heterocycles. The second-order valence-corrected chi connectivity index (χ2v) is 4.80. The van der Waals surface area contributed by atoms with E-state index in [-0.39, 0.29) is 11.9 Å². The van der Waals surface area contributed by atoms with Gasteiger partial charge in [-0.1, -0.05) is 0 Å². The third-order valence-electron chi connectivity index (χ3n) is 2.75. The Bertz CT molecular complexity index is 398. The Balaban J connectivity index is 2.17. The lowest BCUT2D eigenvalue weighted by Crippen LogP contribution is -2.15. The highest BCUT2D eigenvalue weighted by Gasteiger charge is 2.12. The Hall–Kier alpha value is -1.33. The number of furan rings is 1. The molecular formula is C14H23NO4. The lowest BCUT2D eigenvalue weighted by molar-refractivity contribution is 0.0660. The third-order valence-corrected chi connectivity index (χ3v) is 2.75. The van der Waals surface area contributed by atoms with Crippen LogP contribution in [-0.2, 0) is 11.3 Å². The summed E-state index contributed by atoms with van der Waals surface area (Å²) in [4.78, 5) is 10.7. The number of aryl methyl sites for hydroxylation is 1. The van der Waals surface area contributed by atoms with Crippen molar-refractivity contribution in [2.75, 3.05) is 13.2 Å². The molecule has 0 fully saturated rings. The molecule has 1 aromatic rings. The summed E-state index contributed by atoms with van der Waals surface area (Å²) in [6.45, 7) is 8.13. The second-order valence-electron chi connectivity index (χ2n) is 4.80. The average molecular weight is 269 g/mol. The number of aromatic carboxylic acids is 1. The highest BCUT2D eigenvalue weighted by Crippen LogP contribution is 2.14. The first-order chi connectivity index (χ1) is 9.00. The zero-order chi connectivity index (χ0) is 14.3. The van der Waals surface area contributed by atoms with E-state index >= 15 is 0 Å². The maximum Gasteiger partial charge on any atom is 0.371 e. The van der Waals surface area contributed by atoms with Gasteiger partial charge in [-0.05, 0) is 46.2 Å². The number of unbranched alkanes of at least 4 members (excludes halogenated alkanes) is 1. The molecule has 0 aromatic carbocycles. The van der Waals surface area contributed by atoms with Gasteiger partial charge in [0.15, 0.2) is 0 Å². The van der Waals surface area contributed by atoms with Crippen LogP contribution >= 0.6 is 0 Å². The lowest BCUT2D eigenvalue weighted by Gasteiger charge is -2.07. The van der Waals surface area contributed by atoms with E-state index in [4.69, 9.17) is 14.3 Å². The second kappa shape index (κ2) is 7.96. The molecule has 0 atom stereocenters. The molecule has 0 saturated heterocycles. The van der Waals surface area contributed by atoms with Crippen LogP contribution in [0.25, 0.3) is 0 Å². The van der Waals surface area contributed by atoms with Gasteiger partial charge in [-0.25, -0.2) is 4.79 Å². The van der Waals surface area contributed by atoms with E-state index in [1.165, 1.54) is 0 Å². The molecule has 1 aromatic heterocycles. The Labute approximate surface area is 113 Å². The van der Waals surface area contributed by atoms with Crippen molar-refractivity contribution >= 4 is 5.97 Å². The van der Waals surface area contributed by atoms with Crippen LogP contribution in [0.2, 0.25) is 0 Å². The summed E-state index contributed by atoms with van der Waals surface area (Å²) in [7, 11) is 0. The SMILES string of the molecule is Cc1oc(C(=O)O)cc1CNCCCCOC(C)C. The van der Waals surface area contributed by atoms with Crippen LogP contribution in [0.1, 0.15) is 48.6 Å². The van der Waals surface area contributed by atoms with Gasteiger partial charge >= 0.3 is 5.97 Å². The van der Waals surface area contributed by atoms with Crippen molar-refractivity contribution < 1.29 is 19.1 Å². The highest BCUT2D eigenvalue weighted by atomic mass is 16.5. The van der Waals surface area contributed by atoms with Crippen LogP contribution in [0, 0.1) is 6.92 Å². The van der Waals surface area contributed by atoms with Crippen LogP contribution in [0.4, 0.5) is 0 Å². The molecule has 19 heavy (non-hydrogen) atoms. The molecule has 108 valence electrons. The number of hydrogen-bond donors (Lipinski definition) is 2. The molecular weight excluding hydrogens is 246 g/mol. The van der Waals surface area contributed by atoms with Crippen molar-refractivity contribution in [2.24, 2.45) is 0 Å². The maximum atomic E-state index is 10.7. The number of carboxylic acid groups (broad SMARTS) is 1. The highest BCUT2D eigenvalue weighted by molar-refractivity contribution is 5.84. The Morgan fingerprint density at radius 3 is 2.79 bits per heavy atom. The zero-order valence-electron chi connectivity index (χ0n) is 11.9. The quantitative estimate of drug-likeness (QED) is 0.674. The van der Waals surface area contributed by atoms with E-state index in [0.29, 0.717) is 12.3 Å². The minimum absolute atomic E-state index is 0.000339. The average Bonchev–Trinajstić information content (AvgIpc) is 2.69. The molecule has 5 heteroatoms. The summed E-state index contributed by atoms with van der Waals surface area (Å²) >= 11 is 0. The minimum Gasteiger partial charge on any atom is -0.475 e. The van der Waals surface area contributed by atoms with Crippen LogP contribution in [0.15, 0.2) is 10.5 Å². The van der Waals surface area contributed by atoms with Crippen LogP contribution in [-0.4, -0.2) is 30.3 Å². The predicted octanol–water partition coefficient (Wildman–Crippen LogP) is 2.58. The molecule has 0 amide bonds. The van der Waals surface area contributed by atoms with Gasteiger partial charge in [0.25, 0.3) is 0 Å². The molecule has 0 aliphatic rings. The van der Waals surface area contributed by atoms with E-state index in [1.807, 2.05) is 13.8 Å². The molecule has 0 aliphatic carbocycles. The molecule has 1 rings (SSSR count). The lowest BCUT2D eigenvalue weighted by atomic mass is 10.2. The standard InChI is InChI=1S/C14H23NO4/c1-10(2)18-7-5-4-6-15-9-12-8-13(14(16)17)19-11(12)3/h8,10,15H,4-7,9H2,1-3H3,(H,16,17). The fourth-order valence-corrected chi connectivity index (χ4v) is 1.69. The molecule has 0 spiro atoms. The summed E-state index contributed by atoms with van der Waals surface area (Å²) < 4.78 is 10.6. The largest absolute Gasteiger partial charge is 0.475 e. The first kappa shape index (κ1) is 15.7. The van der Waals surface area contributed by atoms with Gasteiger partial charge in [0, 0.05) is 18.7 Å². The Morgan fingerprint density at radius 2 is 2.21 bits per heavy atom. The number of rotatable bonds is 9. The molecule has 0 bridgehead atoms. The number of carboxylic acids is 1. The van der Waals surface area contributed by atoms with Crippen molar-refractivity contribution in [3.63, 3.8) is 0 Å². The number of carbonyl (C=O) groups is 1. The van der Waals surface area contributed by atoms with E-state index in [1.54, 1.807) is 13.0 Å². The molecule has 0 saturated carbocycles. The van der Waals surface area contributed by atoms with Crippen LogP contribution < -0.4 is 5.32 Å². The van der Waals surface area contributed by atoms with Gasteiger partial charge in [0.2, 0.25) is 5.76 Å². The third kappa shape index (κ3) is 5.89. The van der Waals surface area contributed by atoms with Crippen molar-refractivity contribution in [3.05, 3.63) is 23.2 Å². The van der Waals surface area contributed by atoms with Gasteiger partial charge in [-0.2, -0.15) is 0 Å². The fourth-order valence-electron chi connectivity index (χ4n) is 1.69. The molecule has 0 radical (unpaired) electrons. The van der Waals surface area contributed by atoms with E-state index < -0.39 is 5.97 Å². The summed E-state index contributed by atoms with van der Waals surface area (Å²) in [6, 6.07) is 1.58. The number of nitrogens with one attached hydrogen (secondary N) is 1. The van der Waals surface area contributed by atoms with Crippen molar-refractivity contribution in [3.8, 4) is 0 Å².